The molecular formula is C16H19N3O2. The summed E-state index contributed by atoms with van der Waals surface area (Å²) in [6.07, 6.45) is 4.31. The Hall–Kier alpha value is -2.56. The highest BCUT2D eigenvalue weighted by molar-refractivity contribution is 5.89. The van der Waals surface area contributed by atoms with Crippen LogP contribution in [0.15, 0.2) is 48.8 Å². The van der Waals surface area contributed by atoms with E-state index in [0.29, 0.717) is 6.54 Å². The molecule has 0 saturated heterocycles. The van der Waals surface area contributed by atoms with Crippen molar-refractivity contribution in [2.45, 2.75) is 6.42 Å². The lowest BCUT2D eigenvalue weighted by Gasteiger charge is -2.18. The van der Waals surface area contributed by atoms with Gasteiger partial charge < -0.3 is 15.0 Å². The van der Waals surface area contributed by atoms with E-state index >= 15 is 0 Å². The van der Waals surface area contributed by atoms with Crippen molar-refractivity contribution in [3.05, 3.63) is 54.4 Å². The van der Waals surface area contributed by atoms with Crippen molar-refractivity contribution in [1.29, 1.82) is 0 Å². The zero-order valence-electron chi connectivity index (χ0n) is 12.2. The van der Waals surface area contributed by atoms with Gasteiger partial charge in [-0.3, -0.25) is 4.98 Å². The van der Waals surface area contributed by atoms with E-state index in [0.717, 1.165) is 23.4 Å². The van der Waals surface area contributed by atoms with Crippen molar-refractivity contribution in [2.24, 2.45) is 0 Å². The summed E-state index contributed by atoms with van der Waals surface area (Å²) in [5.41, 5.74) is 1.91. The van der Waals surface area contributed by atoms with Crippen molar-refractivity contribution >= 4 is 11.7 Å². The Kier molecular flexibility index (Phi) is 5.15. The van der Waals surface area contributed by atoms with Crippen LogP contribution in [0.2, 0.25) is 0 Å². The third kappa shape index (κ3) is 4.49. The average molecular weight is 285 g/mol. The second kappa shape index (κ2) is 7.28. The Morgan fingerprint density at radius 3 is 2.48 bits per heavy atom. The Labute approximate surface area is 124 Å². The molecule has 21 heavy (non-hydrogen) atoms. The number of carbonyl (C=O) groups is 1. The van der Waals surface area contributed by atoms with Crippen LogP contribution in [0.25, 0.3) is 0 Å². The number of methoxy groups -OCH3 is 1. The topological polar surface area (TPSA) is 54.5 Å². The van der Waals surface area contributed by atoms with E-state index in [4.69, 9.17) is 4.74 Å². The number of aromatic nitrogens is 1. The van der Waals surface area contributed by atoms with E-state index < -0.39 is 0 Å². The molecule has 0 radical (unpaired) electrons. The Bertz CT molecular complexity index is 570. The van der Waals surface area contributed by atoms with Gasteiger partial charge in [0.15, 0.2) is 0 Å². The second-order valence-electron chi connectivity index (χ2n) is 4.69. The minimum Gasteiger partial charge on any atom is -0.497 e. The number of likely N-dealkylation sites (N-methyl/N-ethyl adjacent to an activating group) is 1. The maximum atomic E-state index is 12.1. The molecule has 0 saturated carbocycles. The molecule has 0 aliphatic rings. The first-order chi connectivity index (χ1) is 10.2. The number of hydrogen-bond donors (Lipinski definition) is 1. The fourth-order valence-electron chi connectivity index (χ4n) is 1.84. The van der Waals surface area contributed by atoms with Crippen LogP contribution >= 0.6 is 0 Å². The fourth-order valence-corrected chi connectivity index (χ4v) is 1.84. The molecular weight excluding hydrogens is 266 g/mol. The second-order valence-corrected chi connectivity index (χ2v) is 4.69. The van der Waals surface area contributed by atoms with Crippen LogP contribution in [0.3, 0.4) is 0 Å². The highest BCUT2D eigenvalue weighted by atomic mass is 16.5. The average Bonchev–Trinajstić information content (AvgIpc) is 2.54. The van der Waals surface area contributed by atoms with E-state index in [1.807, 2.05) is 36.4 Å². The molecule has 0 unspecified atom stereocenters. The molecule has 5 nitrogen and oxygen atoms in total. The smallest absolute Gasteiger partial charge is 0.321 e. The lowest BCUT2D eigenvalue weighted by atomic mass is 10.2. The molecule has 1 aromatic carbocycles. The molecule has 0 spiro atoms. The highest BCUT2D eigenvalue weighted by Gasteiger charge is 2.08. The number of ether oxygens (including phenoxy) is 1. The number of hydrogen-bond acceptors (Lipinski definition) is 3. The van der Waals surface area contributed by atoms with Crippen LogP contribution in [-0.2, 0) is 6.42 Å². The number of rotatable bonds is 5. The first-order valence-corrected chi connectivity index (χ1v) is 6.74. The van der Waals surface area contributed by atoms with Gasteiger partial charge >= 0.3 is 6.03 Å². The Morgan fingerprint density at radius 2 is 1.86 bits per heavy atom. The fraction of sp³-hybridized carbons (Fsp3) is 0.250. The van der Waals surface area contributed by atoms with Crippen molar-refractivity contribution in [3.63, 3.8) is 0 Å². The maximum Gasteiger partial charge on any atom is 0.321 e. The number of nitrogens with one attached hydrogen (secondary N) is 1. The monoisotopic (exact) mass is 285 g/mol. The quantitative estimate of drug-likeness (QED) is 0.919. The molecule has 2 aromatic rings. The normalized spacial score (nSPS) is 10.0. The van der Waals surface area contributed by atoms with Crippen molar-refractivity contribution < 1.29 is 9.53 Å². The largest absolute Gasteiger partial charge is 0.497 e. The first kappa shape index (κ1) is 14.8. The molecule has 0 fully saturated rings. The number of nitrogens with zero attached hydrogens (tertiary/aromatic N) is 2. The summed E-state index contributed by atoms with van der Waals surface area (Å²) in [4.78, 5) is 17.7. The maximum absolute atomic E-state index is 12.1. The molecule has 2 rings (SSSR count). The van der Waals surface area contributed by atoms with E-state index in [1.165, 1.54) is 0 Å². The molecule has 5 heteroatoms. The van der Waals surface area contributed by atoms with Gasteiger partial charge in [0.2, 0.25) is 0 Å². The van der Waals surface area contributed by atoms with Crippen LogP contribution in [-0.4, -0.2) is 36.6 Å². The minimum atomic E-state index is -0.130. The number of urea groups is 1. The lowest BCUT2D eigenvalue weighted by Crippen LogP contribution is -2.32. The third-order valence-corrected chi connectivity index (χ3v) is 3.17. The van der Waals surface area contributed by atoms with Gasteiger partial charge in [0.25, 0.3) is 0 Å². The van der Waals surface area contributed by atoms with Crippen molar-refractivity contribution in [2.75, 3.05) is 26.0 Å². The van der Waals surface area contributed by atoms with Crippen molar-refractivity contribution in [3.8, 4) is 5.75 Å². The zero-order chi connectivity index (χ0) is 15.1. The van der Waals surface area contributed by atoms with Gasteiger partial charge in [-0.05, 0) is 48.4 Å². The minimum absolute atomic E-state index is 0.130. The number of benzene rings is 1. The van der Waals surface area contributed by atoms with Gasteiger partial charge in [-0.1, -0.05) is 0 Å². The molecule has 0 aliphatic carbocycles. The standard InChI is InChI=1S/C16H19N3O2/c1-19(12-9-13-7-10-17-11-8-13)16(20)18-14-3-5-15(21-2)6-4-14/h3-8,10-11H,9,12H2,1-2H3,(H,18,20). The summed E-state index contributed by atoms with van der Waals surface area (Å²) in [5, 5.41) is 2.85. The van der Waals surface area contributed by atoms with E-state index in [9.17, 15) is 4.79 Å². The molecule has 2 amide bonds. The van der Waals surface area contributed by atoms with Gasteiger partial charge in [-0.15, -0.1) is 0 Å². The highest BCUT2D eigenvalue weighted by Crippen LogP contribution is 2.15. The van der Waals surface area contributed by atoms with Gasteiger partial charge in [-0.2, -0.15) is 0 Å². The van der Waals surface area contributed by atoms with Gasteiger partial charge in [0.05, 0.1) is 7.11 Å². The Balaban J connectivity index is 1.84. The van der Waals surface area contributed by atoms with Crippen LogP contribution < -0.4 is 10.1 Å². The third-order valence-electron chi connectivity index (χ3n) is 3.17. The zero-order valence-corrected chi connectivity index (χ0v) is 12.2. The molecule has 0 atom stereocenters. The molecule has 0 bridgehead atoms. The summed E-state index contributed by atoms with van der Waals surface area (Å²) in [7, 11) is 3.39. The Morgan fingerprint density at radius 1 is 1.19 bits per heavy atom. The molecule has 1 aromatic heterocycles. The van der Waals surface area contributed by atoms with Crippen molar-refractivity contribution in [1.82, 2.24) is 9.88 Å². The van der Waals surface area contributed by atoms with Crippen LogP contribution in [0.1, 0.15) is 5.56 Å². The number of pyridine rings is 1. The lowest BCUT2D eigenvalue weighted by molar-refractivity contribution is 0.223. The molecule has 1 N–H and O–H groups in total. The number of amides is 2. The van der Waals surface area contributed by atoms with Crippen LogP contribution in [0, 0.1) is 0 Å². The summed E-state index contributed by atoms with van der Waals surface area (Å²) >= 11 is 0. The predicted octanol–water partition coefficient (Wildman–Crippen LogP) is 2.80. The SMILES string of the molecule is COc1ccc(NC(=O)N(C)CCc2ccncc2)cc1. The molecule has 1 heterocycles. The number of anilines is 1. The van der Waals surface area contributed by atoms with Crippen LogP contribution in [0.4, 0.5) is 10.5 Å². The summed E-state index contributed by atoms with van der Waals surface area (Å²) in [6, 6.07) is 11.0. The summed E-state index contributed by atoms with van der Waals surface area (Å²) in [5.74, 6) is 0.763. The molecule has 110 valence electrons. The molecule has 0 aliphatic heterocycles. The van der Waals surface area contributed by atoms with Gasteiger partial charge in [-0.25, -0.2) is 4.79 Å². The summed E-state index contributed by atoms with van der Waals surface area (Å²) in [6.45, 7) is 0.645. The van der Waals surface area contributed by atoms with Crippen LogP contribution in [0.5, 0.6) is 5.75 Å². The van der Waals surface area contributed by atoms with Gasteiger partial charge in [0.1, 0.15) is 5.75 Å². The predicted molar refractivity (Wildman–Crippen MR) is 82.6 cm³/mol. The van der Waals surface area contributed by atoms with E-state index in [2.05, 4.69) is 10.3 Å². The number of carbonyl (C=O) groups excluding carboxylic acids is 1. The summed E-state index contributed by atoms with van der Waals surface area (Å²) < 4.78 is 5.08. The van der Waals surface area contributed by atoms with E-state index in [1.54, 1.807) is 31.5 Å². The van der Waals surface area contributed by atoms with Gasteiger partial charge in [0, 0.05) is 31.7 Å². The van der Waals surface area contributed by atoms with E-state index in [-0.39, 0.29) is 6.03 Å². The first-order valence-electron chi connectivity index (χ1n) is 6.74.